The van der Waals surface area contributed by atoms with Crippen LogP contribution in [0.1, 0.15) is 12.5 Å². The molecule has 18 heavy (non-hydrogen) atoms. The molecule has 1 atom stereocenters. The van der Waals surface area contributed by atoms with Crippen LogP contribution in [-0.4, -0.2) is 33.2 Å². The highest BCUT2D eigenvalue weighted by molar-refractivity contribution is 5.86. The Hall–Kier alpha value is -2.37. The number of carbonyl (C=O) groups excluding carboxylic acids is 1. The summed E-state index contributed by atoms with van der Waals surface area (Å²) in [5.74, 6) is -1.36. The van der Waals surface area contributed by atoms with Crippen molar-refractivity contribution in [3.63, 3.8) is 0 Å². The molecule has 1 aromatic heterocycles. The van der Waals surface area contributed by atoms with E-state index in [1.54, 1.807) is 6.20 Å². The molecule has 1 amide bonds. The minimum Gasteiger partial charge on any atom is -0.480 e. The van der Waals surface area contributed by atoms with Crippen LogP contribution in [0, 0.1) is 0 Å². The molecule has 0 saturated heterocycles. The summed E-state index contributed by atoms with van der Waals surface area (Å²) in [6, 6.07) is 4.63. The van der Waals surface area contributed by atoms with E-state index >= 15 is 0 Å². The van der Waals surface area contributed by atoms with E-state index in [9.17, 15) is 9.59 Å². The number of carbonyl (C=O) groups is 2. The van der Waals surface area contributed by atoms with Crippen LogP contribution >= 0.6 is 0 Å². The number of H-pyrrole nitrogens is 1. The van der Waals surface area contributed by atoms with Crippen molar-refractivity contribution in [2.45, 2.75) is 19.4 Å². The van der Waals surface area contributed by atoms with Crippen LogP contribution in [0.5, 0.6) is 0 Å². The molecule has 1 aromatic carbocycles. The molecule has 6 nitrogen and oxygen atoms in total. The zero-order valence-corrected chi connectivity index (χ0v) is 9.80. The minimum atomic E-state index is -1.05. The average molecular weight is 247 g/mol. The fraction of sp³-hybridized carbons (Fsp3) is 0.250. The van der Waals surface area contributed by atoms with Crippen molar-refractivity contribution >= 4 is 22.8 Å². The number of rotatable bonds is 4. The van der Waals surface area contributed by atoms with Crippen molar-refractivity contribution in [1.29, 1.82) is 0 Å². The summed E-state index contributed by atoms with van der Waals surface area (Å²) < 4.78 is 0. The minimum absolute atomic E-state index is 0.145. The Morgan fingerprint density at radius 1 is 1.50 bits per heavy atom. The summed E-state index contributed by atoms with van der Waals surface area (Å²) in [6.07, 6.45) is 1.85. The van der Waals surface area contributed by atoms with Gasteiger partial charge in [-0.2, -0.15) is 5.10 Å². The first kappa shape index (κ1) is 12.1. The predicted molar refractivity (Wildman–Crippen MR) is 65.0 cm³/mol. The normalized spacial score (nSPS) is 12.3. The molecule has 2 aromatic rings. The topological polar surface area (TPSA) is 95.1 Å². The third-order valence-corrected chi connectivity index (χ3v) is 2.62. The second-order valence-corrected chi connectivity index (χ2v) is 4.10. The second kappa shape index (κ2) is 4.87. The number of benzene rings is 1. The Labute approximate surface area is 103 Å². The Bertz CT molecular complexity index is 591. The number of nitrogens with one attached hydrogen (secondary N) is 2. The molecule has 6 heteroatoms. The third-order valence-electron chi connectivity index (χ3n) is 2.62. The van der Waals surface area contributed by atoms with Crippen molar-refractivity contribution in [2.75, 3.05) is 0 Å². The van der Waals surface area contributed by atoms with E-state index in [-0.39, 0.29) is 12.3 Å². The lowest BCUT2D eigenvalue weighted by Crippen LogP contribution is -2.39. The third kappa shape index (κ3) is 2.65. The van der Waals surface area contributed by atoms with Crippen LogP contribution in [0.25, 0.3) is 10.9 Å². The van der Waals surface area contributed by atoms with Gasteiger partial charge in [0.25, 0.3) is 0 Å². The van der Waals surface area contributed by atoms with Gasteiger partial charge in [0.2, 0.25) is 5.91 Å². The molecule has 0 bridgehead atoms. The lowest BCUT2D eigenvalue weighted by molar-refractivity contribution is -0.141. The van der Waals surface area contributed by atoms with Crippen molar-refractivity contribution < 1.29 is 14.7 Å². The largest absolute Gasteiger partial charge is 0.480 e. The molecule has 0 fully saturated rings. The molecule has 0 aliphatic carbocycles. The van der Waals surface area contributed by atoms with Gasteiger partial charge in [-0.1, -0.05) is 12.1 Å². The number of hydrogen-bond donors (Lipinski definition) is 3. The summed E-state index contributed by atoms with van der Waals surface area (Å²) >= 11 is 0. The molecule has 0 saturated carbocycles. The van der Waals surface area contributed by atoms with Gasteiger partial charge in [0.1, 0.15) is 6.04 Å². The van der Waals surface area contributed by atoms with Gasteiger partial charge in [-0.25, -0.2) is 0 Å². The van der Waals surface area contributed by atoms with E-state index < -0.39 is 12.0 Å². The lowest BCUT2D eigenvalue weighted by Gasteiger charge is -2.09. The zero-order valence-electron chi connectivity index (χ0n) is 9.80. The van der Waals surface area contributed by atoms with Crippen LogP contribution in [0.15, 0.2) is 24.4 Å². The van der Waals surface area contributed by atoms with Crippen molar-refractivity contribution in [3.8, 4) is 0 Å². The summed E-state index contributed by atoms with van der Waals surface area (Å²) in [6.45, 7) is 1.43. The molecule has 0 radical (unpaired) electrons. The smallest absolute Gasteiger partial charge is 0.325 e. The molecular formula is C12H13N3O3. The van der Waals surface area contributed by atoms with Gasteiger partial charge in [-0.15, -0.1) is 0 Å². The van der Waals surface area contributed by atoms with Crippen LogP contribution in [0.2, 0.25) is 0 Å². The van der Waals surface area contributed by atoms with Gasteiger partial charge in [0.05, 0.1) is 18.1 Å². The van der Waals surface area contributed by atoms with Gasteiger partial charge in [-0.3, -0.25) is 14.7 Å². The van der Waals surface area contributed by atoms with Crippen molar-refractivity contribution in [3.05, 3.63) is 30.0 Å². The van der Waals surface area contributed by atoms with E-state index in [0.717, 1.165) is 16.5 Å². The molecule has 0 spiro atoms. The van der Waals surface area contributed by atoms with Crippen LogP contribution in [0.4, 0.5) is 0 Å². The van der Waals surface area contributed by atoms with Gasteiger partial charge < -0.3 is 10.4 Å². The maximum atomic E-state index is 11.6. The number of aromatic nitrogens is 2. The van der Waals surface area contributed by atoms with Gasteiger partial charge in [-0.05, 0) is 18.6 Å². The Morgan fingerprint density at radius 2 is 2.28 bits per heavy atom. The quantitative estimate of drug-likeness (QED) is 0.741. The lowest BCUT2D eigenvalue weighted by atomic mass is 10.1. The van der Waals surface area contributed by atoms with E-state index in [1.165, 1.54) is 6.92 Å². The number of fused-ring (bicyclic) bond motifs is 1. The van der Waals surface area contributed by atoms with Crippen molar-refractivity contribution in [1.82, 2.24) is 15.5 Å². The summed E-state index contributed by atoms with van der Waals surface area (Å²) in [5, 5.41) is 18.8. The Morgan fingerprint density at radius 3 is 3.00 bits per heavy atom. The SMILES string of the molecule is C[C@H](NC(=O)Cc1ccc2cn[nH]c2c1)C(=O)O. The maximum Gasteiger partial charge on any atom is 0.325 e. The monoisotopic (exact) mass is 247 g/mol. The van der Waals surface area contributed by atoms with E-state index in [1.807, 2.05) is 18.2 Å². The van der Waals surface area contributed by atoms with Gasteiger partial charge in [0, 0.05) is 5.39 Å². The first-order chi connectivity index (χ1) is 8.56. The second-order valence-electron chi connectivity index (χ2n) is 4.10. The predicted octanol–water partition coefficient (Wildman–Crippen LogP) is 0.695. The van der Waals surface area contributed by atoms with Crippen LogP contribution in [0.3, 0.4) is 0 Å². The highest BCUT2D eigenvalue weighted by Gasteiger charge is 2.14. The highest BCUT2D eigenvalue weighted by atomic mass is 16.4. The molecular weight excluding hydrogens is 234 g/mol. The van der Waals surface area contributed by atoms with Crippen LogP contribution < -0.4 is 5.32 Å². The van der Waals surface area contributed by atoms with Gasteiger partial charge >= 0.3 is 5.97 Å². The number of aliphatic carboxylic acids is 1. The maximum absolute atomic E-state index is 11.6. The molecule has 0 aliphatic heterocycles. The number of aromatic amines is 1. The van der Waals surface area contributed by atoms with Crippen LogP contribution in [-0.2, 0) is 16.0 Å². The van der Waals surface area contributed by atoms with E-state index in [4.69, 9.17) is 5.11 Å². The fourth-order valence-electron chi connectivity index (χ4n) is 1.63. The van der Waals surface area contributed by atoms with E-state index in [2.05, 4.69) is 15.5 Å². The first-order valence-corrected chi connectivity index (χ1v) is 5.50. The Balaban J connectivity index is 2.04. The molecule has 1 heterocycles. The van der Waals surface area contributed by atoms with Gasteiger partial charge in [0.15, 0.2) is 0 Å². The average Bonchev–Trinajstić information content (AvgIpc) is 2.75. The summed E-state index contributed by atoms with van der Waals surface area (Å²) in [4.78, 5) is 22.2. The number of amides is 1. The molecule has 94 valence electrons. The Kier molecular flexibility index (Phi) is 3.27. The zero-order chi connectivity index (χ0) is 13.1. The molecule has 0 aliphatic rings. The summed E-state index contributed by atoms with van der Waals surface area (Å²) in [7, 11) is 0. The summed E-state index contributed by atoms with van der Waals surface area (Å²) in [5.41, 5.74) is 1.66. The number of nitrogens with zero attached hydrogens (tertiary/aromatic N) is 1. The highest BCUT2D eigenvalue weighted by Crippen LogP contribution is 2.13. The number of carboxylic acids is 1. The first-order valence-electron chi connectivity index (χ1n) is 5.50. The standard InChI is InChI=1S/C12H13N3O3/c1-7(12(17)18)14-11(16)5-8-2-3-9-6-13-15-10(9)4-8/h2-4,6-7H,5H2,1H3,(H,13,15)(H,14,16)(H,17,18)/t7-/m0/s1. The van der Waals surface area contributed by atoms with Crippen molar-refractivity contribution in [2.24, 2.45) is 0 Å². The fourth-order valence-corrected chi connectivity index (χ4v) is 1.63. The van der Waals surface area contributed by atoms with E-state index in [0.29, 0.717) is 0 Å². The number of carboxylic acid groups (broad SMARTS) is 1. The molecule has 0 unspecified atom stereocenters. The molecule has 3 N–H and O–H groups in total. The number of hydrogen-bond acceptors (Lipinski definition) is 3. The molecule has 2 rings (SSSR count).